The molecule has 0 amide bonds. The minimum atomic E-state index is -0.559. The second-order valence-electron chi connectivity index (χ2n) is 8.00. The van der Waals surface area contributed by atoms with Crippen molar-refractivity contribution in [3.63, 3.8) is 0 Å². The number of hydrogen-bond acceptors (Lipinski definition) is 5. The maximum absolute atomic E-state index is 12.1. The molecule has 5 nitrogen and oxygen atoms in total. The van der Waals surface area contributed by atoms with Crippen LogP contribution in [0.5, 0.6) is 11.5 Å². The Kier molecular flexibility index (Phi) is 5.82. The van der Waals surface area contributed by atoms with Crippen LogP contribution in [-0.4, -0.2) is 31.4 Å². The molecule has 28 heavy (non-hydrogen) atoms. The molecule has 0 aliphatic carbocycles. The number of carbonyl (C=O) groups excluding carboxylic acids is 1. The number of methoxy groups -OCH3 is 1. The molecule has 2 aromatic rings. The smallest absolute Gasteiger partial charge is 0.466 e. The average molecular weight is 382 g/mol. The third kappa shape index (κ3) is 4.40. The van der Waals surface area contributed by atoms with Crippen LogP contribution in [0.4, 0.5) is 0 Å². The summed E-state index contributed by atoms with van der Waals surface area (Å²) < 4.78 is 23.3. The molecule has 1 heterocycles. The molecule has 0 spiro atoms. The number of ether oxygens (including phenoxy) is 2. The van der Waals surface area contributed by atoms with E-state index >= 15 is 0 Å². The van der Waals surface area contributed by atoms with Gasteiger partial charge in [-0.3, -0.25) is 4.79 Å². The Hall–Kier alpha value is -2.31. The second-order valence-corrected chi connectivity index (χ2v) is 8.00. The van der Waals surface area contributed by atoms with Crippen molar-refractivity contribution in [3.8, 4) is 11.5 Å². The maximum atomic E-state index is 12.1. The van der Waals surface area contributed by atoms with E-state index in [-0.39, 0.29) is 18.2 Å². The summed E-state index contributed by atoms with van der Waals surface area (Å²) in [6, 6.07) is 17.2. The number of carbonyl (C=O) groups is 1. The van der Waals surface area contributed by atoms with Gasteiger partial charge in [-0.2, -0.15) is 0 Å². The number of esters is 1. The van der Waals surface area contributed by atoms with Gasteiger partial charge in [-0.25, -0.2) is 0 Å². The van der Waals surface area contributed by atoms with Crippen LogP contribution in [0.25, 0.3) is 0 Å². The fraction of sp³-hybridized carbons (Fsp3) is 0.409. The van der Waals surface area contributed by atoms with Crippen LogP contribution in [0.1, 0.15) is 45.5 Å². The summed E-state index contributed by atoms with van der Waals surface area (Å²) >= 11 is 0. The van der Waals surface area contributed by atoms with Crippen LogP contribution >= 0.6 is 0 Å². The van der Waals surface area contributed by atoms with E-state index in [1.807, 2.05) is 82.3 Å². The van der Waals surface area contributed by atoms with Gasteiger partial charge in [0, 0.05) is 5.82 Å². The summed E-state index contributed by atoms with van der Waals surface area (Å²) in [6.07, 6.45) is 0.155. The molecule has 1 saturated heterocycles. The highest BCUT2D eigenvalue weighted by molar-refractivity contribution is 6.48. The Bertz CT molecular complexity index is 803. The first kappa shape index (κ1) is 20.4. The first-order chi connectivity index (χ1) is 13.2. The fourth-order valence-electron chi connectivity index (χ4n) is 3.12. The maximum Gasteiger partial charge on any atom is 0.466 e. The predicted octanol–water partition coefficient (Wildman–Crippen LogP) is 4.76. The molecule has 1 unspecified atom stereocenters. The monoisotopic (exact) mass is 382 g/mol. The predicted molar refractivity (Wildman–Crippen MR) is 108 cm³/mol. The van der Waals surface area contributed by atoms with E-state index in [1.165, 1.54) is 7.11 Å². The molecule has 6 heteroatoms. The van der Waals surface area contributed by atoms with Gasteiger partial charge >= 0.3 is 13.1 Å². The zero-order valence-electron chi connectivity index (χ0n) is 17.1. The lowest BCUT2D eigenvalue weighted by Gasteiger charge is -2.32. The fourth-order valence-corrected chi connectivity index (χ4v) is 3.12. The molecule has 0 aromatic heterocycles. The topological polar surface area (TPSA) is 54.0 Å². The van der Waals surface area contributed by atoms with Crippen LogP contribution in [0, 0.1) is 0 Å². The molecule has 0 saturated carbocycles. The van der Waals surface area contributed by atoms with Gasteiger partial charge in [0.05, 0.1) is 24.7 Å². The van der Waals surface area contributed by atoms with Gasteiger partial charge < -0.3 is 18.8 Å². The van der Waals surface area contributed by atoms with E-state index in [2.05, 4.69) is 0 Å². The van der Waals surface area contributed by atoms with Gasteiger partial charge in [0.1, 0.15) is 11.5 Å². The number of hydrogen-bond donors (Lipinski definition) is 0. The Morgan fingerprint density at radius 1 is 0.964 bits per heavy atom. The molecule has 2 aromatic carbocycles. The molecule has 1 fully saturated rings. The van der Waals surface area contributed by atoms with Crippen molar-refractivity contribution in [1.29, 1.82) is 0 Å². The molecule has 0 radical (unpaired) electrons. The summed E-state index contributed by atoms with van der Waals surface area (Å²) in [6.45, 7) is 7.99. The third-order valence-corrected chi connectivity index (χ3v) is 5.48. The van der Waals surface area contributed by atoms with Crippen molar-refractivity contribution in [1.82, 2.24) is 0 Å². The first-order valence-corrected chi connectivity index (χ1v) is 9.47. The zero-order chi connectivity index (χ0) is 20.4. The third-order valence-electron chi connectivity index (χ3n) is 5.48. The van der Waals surface area contributed by atoms with E-state index in [9.17, 15) is 4.79 Å². The van der Waals surface area contributed by atoms with E-state index < -0.39 is 18.3 Å². The lowest BCUT2D eigenvalue weighted by molar-refractivity contribution is -0.140. The quantitative estimate of drug-likeness (QED) is 0.533. The van der Waals surface area contributed by atoms with Gasteiger partial charge in [0.2, 0.25) is 0 Å². The highest BCUT2D eigenvalue weighted by Crippen LogP contribution is 2.42. The Balaban J connectivity index is 1.89. The van der Waals surface area contributed by atoms with Crippen molar-refractivity contribution in [2.75, 3.05) is 7.11 Å². The van der Waals surface area contributed by atoms with Crippen LogP contribution in [0.3, 0.4) is 0 Å². The lowest BCUT2D eigenvalue weighted by atomic mass is 9.66. The summed E-state index contributed by atoms with van der Waals surface area (Å²) in [5.74, 6) is 0.816. The molecule has 1 atom stereocenters. The van der Waals surface area contributed by atoms with Gasteiger partial charge in [0.15, 0.2) is 0 Å². The highest BCUT2D eigenvalue weighted by atomic mass is 16.7. The summed E-state index contributed by atoms with van der Waals surface area (Å²) in [5, 5.41) is 0. The highest BCUT2D eigenvalue weighted by Gasteiger charge is 2.54. The average Bonchev–Trinajstić information content (AvgIpc) is 2.87. The zero-order valence-corrected chi connectivity index (χ0v) is 17.1. The van der Waals surface area contributed by atoms with Crippen molar-refractivity contribution in [2.24, 2.45) is 0 Å². The minimum Gasteiger partial charge on any atom is -0.469 e. The molecule has 1 aliphatic rings. The van der Waals surface area contributed by atoms with Crippen molar-refractivity contribution < 1.29 is 23.6 Å². The van der Waals surface area contributed by atoms with Crippen molar-refractivity contribution in [3.05, 3.63) is 60.2 Å². The summed E-state index contributed by atoms with van der Waals surface area (Å²) in [4.78, 5) is 12.1. The van der Waals surface area contributed by atoms with Crippen LogP contribution in [0.15, 0.2) is 54.6 Å². The van der Waals surface area contributed by atoms with E-state index in [1.54, 1.807) is 0 Å². The van der Waals surface area contributed by atoms with Crippen molar-refractivity contribution >= 4 is 13.1 Å². The standard InChI is InChI=1S/C22H27BO5/c1-21(2)22(3,4)28-23(27-21)19(15-20(24)25-5)16-10-9-13-18(14-16)26-17-11-7-6-8-12-17/h6-14,19H,15H2,1-5H3. The first-order valence-electron chi connectivity index (χ1n) is 9.47. The number of para-hydroxylation sites is 1. The van der Waals surface area contributed by atoms with Gasteiger partial charge in [-0.1, -0.05) is 30.3 Å². The Labute approximate surface area is 167 Å². The number of rotatable bonds is 6. The Morgan fingerprint density at radius 2 is 1.57 bits per heavy atom. The van der Waals surface area contributed by atoms with E-state index in [0.717, 1.165) is 11.3 Å². The molecule has 0 N–H and O–H groups in total. The second kappa shape index (κ2) is 7.98. The van der Waals surface area contributed by atoms with Gasteiger partial charge in [-0.15, -0.1) is 0 Å². The van der Waals surface area contributed by atoms with E-state index in [0.29, 0.717) is 5.75 Å². The molecule has 0 bridgehead atoms. The molecule has 1 aliphatic heterocycles. The minimum absolute atomic E-state index is 0.155. The van der Waals surface area contributed by atoms with Crippen LogP contribution in [0.2, 0.25) is 0 Å². The van der Waals surface area contributed by atoms with Crippen LogP contribution < -0.4 is 4.74 Å². The normalized spacial score (nSPS) is 18.5. The van der Waals surface area contributed by atoms with Crippen molar-refractivity contribution in [2.45, 2.75) is 51.1 Å². The lowest BCUT2D eigenvalue weighted by Crippen LogP contribution is -2.41. The van der Waals surface area contributed by atoms with Gasteiger partial charge in [-0.05, 0) is 57.5 Å². The number of benzene rings is 2. The van der Waals surface area contributed by atoms with E-state index in [4.69, 9.17) is 18.8 Å². The SMILES string of the molecule is COC(=O)CC(B1OC(C)(C)C(C)(C)O1)c1cccc(Oc2ccccc2)c1. The Morgan fingerprint density at radius 3 is 2.18 bits per heavy atom. The molecular weight excluding hydrogens is 355 g/mol. The van der Waals surface area contributed by atoms with Gasteiger partial charge in [0.25, 0.3) is 0 Å². The summed E-state index contributed by atoms with van der Waals surface area (Å²) in [7, 11) is 0.828. The molecular formula is C22H27BO5. The molecule has 3 rings (SSSR count). The molecule has 148 valence electrons. The summed E-state index contributed by atoms with van der Waals surface area (Å²) in [5.41, 5.74) is -0.0636. The largest absolute Gasteiger partial charge is 0.469 e. The van der Waals surface area contributed by atoms with Crippen LogP contribution in [-0.2, 0) is 18.8 Å².